The molecule has 2 heterocycles. The summed E-state index contributed by atoms with van der Waals surface area (Å²) in [6.07, 6.45) is 4.03. The monoisotopic (exact) mass is 286 g/mol. The highest BCUT2D eigenvalue weighted by atomic mass is 16.7. The predicted molar refractivity (Wildman–Crippen MR) is 73.7 cm³/mol. The first kappa shape index (κ1) is 12.3. The van der Waals surface area contributed by atoms with Crippen molar-refractivity contribution < 1.29 is 18.8 Å². The fourth-order valence-corrected chi connectivity index (χ4v) is 2.70. The van der Waals surface area contributed by atoms with Gasteiger partial charge in [-0.3, -0.25) is 10.1 Å². The van der Waals surface area contributed by atoms with E-state index in [9.17, 15) is 4.79 Å². The lowest BCUT2D eigenvalue weighted by Gasteiger charge is -2.09. The van der Waals surface area contributed by atoms with Crippen molar-refractivity contribution in [1.82, 2.24) is 5.16 Å². The van der Waals surface area contributed by atoms with Gasteiger partial charge in [0.1, 0.15) is 0 Å². The van der Waals surface area contributed by atoms with Crippen LogP contribution >= 0.6 is 0 Å². The Morgan fingerprint density at radius 3 is 2.95 bits per heavy atom. The summed E-state index contributed by atoms with van der Waals surface area (Å²) in [6, 6.07) is 5.10. The molecule has 21 heavy (non-hydrogen) atoms. The second-order valence-electron chi connectivity index (χ2n) is 5.17. The van der Waals surface area contributed by atoms with Crippen LogP contribution < -0.4 is 14.8 Å². The van der Waals surface area contributed by atoms with Crippen molar-refractivity contribution in [2.75, 3.05) is 12.1 Å². The molecule has 1 aliphatic heterocycles. The van der Waals surface area contributed by atoms with E-state index in [4.69, 9.17) is 14.0 Å². The minimum Gasteiger partial charge on any atom is -0.454 e. The average Bonchev–Trinajstić information content (AvgIpc) is 3.13. The molecule has 2 aromatic rings. The summed E-state index contributed by atoms with van der Waals surface area (Å²) in [7, 11) is 0. The molecule has 1 aliphatic carbocycles. The predicted octanol–water partition coefficient (Wildman–Crippen LogP) is 2.53. The van der Waals surface area contributed by atoms with Crippen molar-refractivity contribution in [3.8, 4) is 11.5 Å². The number of hydrogen-bond acceptors (Lipinski definition) is 5. The number of amides is 1. The molecule has 2 aliphatic rings. The number of aromatic nitrogens is 1. The number of ether oxygens (including phenoxy) is 2. The molecule has 4 rings (SSSR count). The van der Waals surface area contributed by atoms with Crippen LogP contribution in [0, 0.1) is 0 Å². The SMILES string of the molecule is O=C(Nc1onc2c1CCCC2)c1ccc2c(c1)OCO2. The molecule has 0 saturated heterocycles. The van der Waals surface area contributed by atoms with Gasteiger partial charge in [0.25, 0.3) is 5.91 Å². The first-order valence-electron chi connectivity index (χ1n) is 7.00. The molecule has 0 spiro atoms. The molecule has 0 atom stereocenters. The quantitative estimate of drug-likeness (QED) is 0.918. The van der Waals surface area contributed by atoms with Gasteiger partial charge in [0.2, 0.25) is 12.7 Å². The molecule has 0 unspecified atom stereocenters. The van der Waals surface area contributed by atoms with E-state index in [1.165, 1.54) is 0 Å². The van der Waals surface area contributed by atoms with E-state index >= 15 is 0 Å². The molecule has 1 N–H and O–H groups in total. The molecule has 6 nitrogen and oxygen atoms in total. The maximum atomic E-state index is 12.3. The molecule has 1 aromatic carbocycles. The fourth-order valence-electron chi connectivity index (χ4n) is 2.70. The van der Waals surface area contributed by atoms with E-state index in [1.807, 2.05) is 0 Å². The molecule has 0 saturated carbocycles. The van der Waals surface area contributed by atoms with Crippen molar-refractivity contribution in [3.05, 3.63) is 35.0 Å². The zero-order valence-corrected chi connectivity index (χ0v) is 11.3. The lowest BCUT2D eigenvalue weighted by Crippen LogP contribution is -2.13. The van der Waals surface area contributed by atoms with E-state index in [-0.39, 0.29) is 12.7 Å². The number of benzene rings is 1. The number of hydrogen-bond donors (Lipinski definition) is 1. The van der Waals surface area contributed by atoms with Crippen molar-refractivity contribution in [2.45, 2.75) is 25.7 Å². The van der Waals surface area contributed by atoms with Gasteiger partial charge in [-0.25, -0.2) is 0 Å². The molecule has 0 fully saturated rings. The van der Waals surface area contributed by atoms with Crippen molar-refractivity contribution >= 4 is 11.8 Å². The number of aryl methyl sites for hydroxylation is 1. The summed E-state index contributed by atoms with van der Waals surface area (Å²) < 4.78 is 15.8. The molecule has 0 bridgehead atoms. The van der Waals surface area contributed by atoms with E-state index in [0.717, 1.165) is 36.9 Å². The van der Waals surface area contributed by atoms with E-state index in [0.29, 0.717) is 22.9 Å². The van der Waals surface area contributed by atoms with Crippen LogP contribution in [0.2, 0.25) is 0 Å². The standard InChI is InChI=1S/C15H14N2O4/c18-14(9-5-6-12-13(7-9)20-8-19-12)16-15-10-3-1-2-4-11(10)17-21-15/h5-7H,1-4,8H2,(H,16,18). The highest BCUT2D eigenvalue weighted by Crippen LogP contribution is 2.33. The van der Waals surface area contributed by atoms with Gasteiger partial charge in [0.05, 0.1) is 5.69 Å². The van der Waals surface area contributed by atoms with Crippen LogP contribution in [0.25, 0.3) is 0 Å². The van der Waals surface area contributed by atoms with Crippen LogP contribution in [-0.2, 0) is 12.8 Å². The summed E-state index contributed by atoms with van der Waals surface area (Å²) in [4.78, 5) is 12.3. The second-order valence-corrected chi connectivity index (χ2v) is 5.17. The highest BCUT2D eigenvalue weighted by molar-refractivity contribution is 6.04. The summed E-state index contributed by atoms with van der Waals surface area (Å²) in [6.45, 7) is 0.190. The van der Waals surface area contributed by atoms with Gasteiger partial charge in [0.15, 0.2) is 11.5 Å². The van der Waals surface area contributed by atoms with Gasteiger partial charge in [0, 0.05) is 11.1 Å². The Morgan fingerprint density at radius 2 is 2.00 bits per heavy atom. The Balaban J connectivity index is 1.57. The third-order valence-electron chi connectivity index (χ3n) is 3.82. The Labute approximate surface area is 121 Å². The highest BCUT2D eigenvalue weighted by Gasteiger charge is 2.22. The first-order valence-corrected chi connectivity index (χ1v) is 7.00. The minimum atomic E-state index is -0.238. The number of nitrogens with zero attached hydrogens (tertiary/aromatic N) is 1. The molecule has 6 heteroatoms. The lowest BCUT2D eigenvalue weighted by molar-refractivity contribution is 0.102. The summed E-state index contributed by atoms with van der Waals surface area (Å²) in [5.41, 5.74) is 2.48. The van der Waals surface area contributed by atoms with Gasteiger partial charge in [-0.1, -0.05) is 5.16 Å². The first-order chi connectivity index (χ1) is 10.3. The molecular formula is C15H14N2O4. The van der Waals surface area contributed by atoms with E-state index in [2.05, 4.69) is 10.5 Å². The Hall–Kier alpha value is -2.50. The maximum Gasteiger partial charge on any atom is 0.258 e. The Morgan fingerprint density at radius 1 is 1.14 bits per heavy atom. The van der Waals surface area contributed by atoms with Crippen LogP contribution in [0.5, 0.6) is 11.5 Å². The number of carbonyl (C=O) groups excluding carboxylic acids is 1. The topological polar surface area (TPSA) is 73.6 Å². The molecular weight excluding hydrogens is 272 g/mol. The van der Waals surface area contributed by atoms with Gasteiger partial charge in [-0.2, -0.15) is 0 Å². The Kier molecular flexibility index (Phi) is 2.80. The molecule has 108 valence electrons. The lowest BCUT2D eigenvalue weighted by atomic mass is 9.97. The molecule has 1 amide bonds. The van der Waals surface area contributed by atoms with Gasteiger partial charge < -0.3 is 14.0 Å². The van der Waals surface area contributed by atoms with E-state index < -0.39 is 0 Å². The van der Waals surface area contributed by atoms with Gasteiger partial charge >= 0.3 is 0 Å². The van der Waals surface area contributed by atoms with Crippen LogP contribution in [0.3, 0.4) is 0 Å². The van der Waals surface area contributed by atoms with Crippen molar-refractivity contribution in [1.29, 1.82) is 0 Å². The van der Waals surface area contributed by atoms with Crippen molar-refractivity contribution in [2.24, 2.45) is 0 Å². The third kappa shape index (κ3) is 2.12. The smallest absolute Gasteiger partial charge is 0.258 e. The third-order valence-corrected chi connectivity index (χ3v) is 3.82. The van der Waals surface area contributed by atoms with Gasteiger partial charge in [-0.05, 0) is 43.9 Å². The Bertz CT molecular complexity index is 708. The maximum absolute atomic E-state index is 12.3. The summed E-state index contributed by atoms with van der Waals surface area (Å²) in [5, 5.41) is 6.82. The summed E-state index contributed by atoms with van der Waals surface area (Å²) >= 11 is 0. The van der Waals surface area contributed by atoms with Crippen LogP contribution in [0.1, 0.15) is 34.5 Å². The zero-order valence-electron chi connectivity index (χ0n) is 11.3. The van der Waals surface area contributed by atoms with Crippen molar-refractivity contribution in [3.63, 3.8) is 0 Å². The van der Waals surface area contributed by atoms with Crippen LogP contribution in [0.15, 0.2) is 22.7 Å². The average molecular weight is 286 g/mol. The number of nitrogens with one attached hydrogen (secondary N) is 1. The second kappa shape index (κ2) is 4.80. The fraction of sp³-hybridized carbons (Fsp3) is 0.333. The minimum absolute atomic E-state index is 0.190. The number of rotatable bonds is 2. The normalized spacial score (nSPS) is 15.6. The number of fused-ring (bicyclic) bond motifs is 2. The largest absolute Gasteiger partial charge is 0.454 e. The molecule has 0 radical (unpaired) electrons. The number of anilines is 1. The number of carbonyl (C=O) groups is 1. The van der Waals surface area contributed by atoms with E-state index in [1.54, 1.807) is 18.2 Å². The molecule has 1 aromatic heterocycles. The zero-order chi connectivity index (χ0) is 14.2. The van der Waals surface area contributed by atoms with Crippen LogP contribution in [0.4, 0.5) is 5.88 Å². The van der Waals surface area contributed by atoms with Crippen LogP contribution in [-0.4, -0.2) is 17.9 Å². The van der Waals surface area contributed by atoms with Gasteiger partial charge in [-0.15, -0.1) is 0 Å². The summed E-state index contributed by atoms with van der Waals surface area (Å²) in [5.74, 6) is 1.47.